The zero-order chi connectivity index (χ0) is 19.4. The maximum absolute atomic E-state index is 12.1. The van der Waals surface area contributed by atoms with Crippen LogP contribution in [-0.2, 0) is 0 Å². The van der Waals surface area contributed by atoms with Gasteiger partial charge in [0.15, 0.2) is 11.6 Å². The van der Waals surface area contributed by atoms with E-state index in [9.17, 15) is 13.2 Å². The van der Waals surface area contributed by atoms with Gasteiger partial charge in [-0.3, -0.25) is 4.98 Å². The highest BCUT2D eigenvalue weighted by Gasteiger charge is 2.31. The molecule has 27 heavy (non-hydrogen) atoms. The van der Waals surface area contributed by atoms with Crippen LogP contribution in [0, 0.1) is 0 Å². The summed E-state index contributed by atoms with van der Waals surface area (Å²) in [6, 6.07) is 5.65. The van der Waals surface area contributed by atoms with Gasteiger partial charge >= 0.3 is 6.36 Å². The summed E-state index contributed by atoms with van der Waals surface area (Å²) in [5, 5.41) is 14.3. The molecule has 3 heterocycles. The fourth-order valence-electron chi connectivity index (χ4n) is 1.96. The zero-order valence-corrected chi connectivity index (χ0v) is 13.3. The number of nitrogens with zero attached hydrogens (tertiary/aromatic N) is 4. The first-order valence-corrected chi connectivity index (χ1v) is 7.23. The standard InChI is InChI=1S/C15H11F3N6O3/c16-15(17,18)27-9-2-4-10(21-6-9)12-7-22-14(26-12)23-8-1-3-11(20-5-8)13(19)24-25/h1-7,25H,(H2,19,24)(H,22,23). The first kappa shape index (κ1) is 18.0. The van der Waals surface area contributed by atoms with Crippen molar-refractivity contribution in [2.75, 3.05) is 5.32 Å². The third kappa shape index (κ3) is 4.62. The van der Waals surface area contributed by atoms with Crippen LogP contribution in [0.25, 0.3) is 11.5 Å². The molecule has 0 saturated heterocycles. The van der Waals surface area contributed by atoms with Gasteiger partial charge in [0.25, 0.3) is 6.01 Å². The Hall–Kier alpha value is -3.83. The quantitative estimate of drug-likeness (QED) is 0.266. The van der Waals surface area contributed by atoms with Crippen molar-refractivity contribution >= 4 is 17.5 Å². The topological polar surface area (TPSA) is 132 Å². The largest absolute Gasteiger partial charge is 0.573 e. The van der Waals surface area contributed by atoms with E-state index in [4.69, 9.17) is 15.4 Å². The summed E-state index contributed by atoms with van der Waals surface area (Å²) in [6.45, 7) is 0. The molecule has 9 nitrogen and oxygen atoms in total. The summed E-state index contributed by atoms with van der Waals surface area (Å²) < 4.78 is 45.6. The number of oxime groups is 1. The molecule has 0 unspecified atom stereocenters. The lowest BCUT2D eigenvalue weighted by Crippen LogP contribution is -2.17. The van der Waals surface area contributed by atoms with E-state index < -0.39 is 12.1 Å². The van der Waals surface area contributed by atoms with Crippen LogP contribution in [0.2, 0.25) is 0 Å². The number of ether oxygens (including phenoxy) is 1. The molecule has 3 aromatic heterocycles. The molecular weight excluding hydrogens is 369 g/mol. The first-order chi connectivity index (χ1) is 12.8. The summed E-state index contributed by atoms with van der Waals surface area (Å²) in [5.41, 5.74) is 6.48. The molecule has 0 bridgehead atoms. The van der Waals surface area contributed by atoms with Crippen LogP contribution in [-0.4, -0.2) is 32.4 Å². The van der Waals surface area contributed by atoms with E-state index in [2.05, 4.69) is 30.2 Å². The molecule has 4 N–H and O–H groups in total. The molecule has 0 saturated carbocycles. The molecule has 0 spiro atoms. The molecule has 0 atom stereocenters. The molecule has 0 amide bonds. The van der Waals surface area contributed by atoms with Crippen LogP contribution in [0.5, 0.6) is 5.75 Å². The number of pyridine rings is 2. The monoisotopic (exact) mass is 380 g/mol. The molecule has 0 aromatic carbocycles. The number of nitrogens with one attached hydrogen (secondary N) is 1. The highest BCUT2D eigenvalue weighted by molar-refractivity contribution is 5.95. The van der Waals surface area contributed by atoms with Crippen LogP contribution in [0.15, 0.2) is 52.4 Å². The predicted octanol–water partition coefficient (Wildman–Crippen LogP) is 2.87. The SMILES string of the molecule is NC(=NO)c1ccc(Nc2ncc(-c3ccc(OC(F)(F)F)cn3)o2)cn1. The zero-order valence-electron chi connectivity index (χ0n) is 13.3. The highest BCUT2D eigenvalue weighted by Crippen LogP contribution is 2.26. The summed E-state index contributed by atoms with van der Waals surface area (Å²) in [5.74, 6) is -0.345. The van der Waals surface area contributed by atoms with Gasteiger partial charge in [0.2, 0.25) is 0 Å². The molecule has 3 rings (SSSR count). The van der Waals surface area contributed by atoms with E-state index in [0.29, 0.717) is 5.69 Å². The Morgan fingerprint density at radius 3 is 2.52 bits per heavy atom. The third-order valence-corrected chi connectivity index (χ3v) is 3.11. The number of nitrogens with two attached hydrogens (primary N) is 1. The Bertz CT molecular complexity index is 939. The minimum absolute atomic E-state index is 0.112. The number of halogens is 3. The van der Waals surface area contributed by atoms with Gasteiger partial charge in [-0.15, -0.1) is 13.2 Å². The van der Waals surface area contributed by atoms with Gasteiger partial charge in [-0.05, 0) is 24.3 Å². The summed E-state index contributed by atoms with van der Waals surface area (Å²) >= 11 is 0. The van der Waals surface area contributed by atoms with Crippen molar-refractivity contribution in [3.05, 3.63) is 48.5 Å². The van der Waals surface area contributed by atoms with Gasteiger partial charge in [-0.1, -0.05) is 5.16 Å². The number of anilines is 2. The Labute approximate surface area is 149 Å². The number of amidine groups is 1. The number of hydrogen-bond acceptors (Lipinski definition) is 8. The number of aromatic nitrogens is 3. The smallest absolute Gasteiger partial charge is 0.422 e. The van der Waals surface area contributed by atoms with Gasteiger partial charge < -0.3 is 25.4 Å². The summed E-state index contributed by atoms with van der Waals surface area (Å²) in [7, 11) is 0. The average molecular weight is 380 g/mol. The summed E-state index contributed by atoms with van der Waals surface area (Å²) in [6.07, 6.45) is -1.09. The summed E-state index contributed by atoms with van der Waals surface area (Å²) in [4.78, 5) is 11.8. The maximum atomic E-state index is 12.1. The van der Waals surface area contributed by atoms with Crippen molar-refractivity contribution < 1.29 is 27.5 Å². The Balaban J connectivity index is 1.69. The van der Waals surface area contributed by atoms with E-state index in [0.717, 1.165) is 12.3 Å². The predicted molar refractivity (Wildman–Crippen MR) is 86.4 cm³/mol. The van der Waals surface area contributed by atoms with E-state index in [1.54, 1.807) is 6.07 Å². The van der Waals surface area contributed by atoms with Gasteiger partial charge in [0, 0.05) is 0 Å². The van der Waals surface area contributed by atoms with Crippen molar-refractivity contribution in [3.63, 3.8) is 0 Å². The normalized spacial score (nSPS) is 12.0. The first-order valence-electron chi connectivity index (χ1n) is 7.23. The number of oxazole rings is 1. The molecule has 0 aliphatic rings. The van der Waals surface area contributed by atoms with Crippen LogP contribution in [0.1, 0.15) is 5.69 Å². The lowest BCUT2D eigenvalue weighted by molar-refractivity contribution is -0.274. The van der Waals surface area contributed by atoms with Gasteiger partial charge in [0.1, 0.15) is 17.1 Å². The van der Waals surface area contributed by atoms with Crippen LogP contribution in [0.3, 0.4) is 0 Å². The second kappa shape index (κ2) is 7.19. The number of alkyl halides is 3. The van der Waals surface area contributed by atoms with Crippen LogP contribution >= 0.6 is 0 Å². The Morgan fingerprint density at radius 1 is 1.11 bits per heavy atom. The van der Waals surface area contributed by atoms with E-state index >= 15 is 0 Å². The Kier molecular flexibility index (Phi) is 4.79. The van der Waals surface area contributed by atoms with Gasteiger partial charge in [0.05, 0.1) is 24.3 Å². The second-order valence-electron chi connectivity index (χ2n) is 5.00. The lowest BCUT2D eigenvalue weighted by atomic mass is 10.3. The minimum atomic E-state index is -4.79. The van der Waals surface area contributed by atoms with E-state index in [-0.39, 0.29) is 29.0 Å². The number of rotatable bonds is 5. The van der Waals surface area contributed by atoms with Crippen molar-refractivity contribution in [1.82, 2.24) is 15.0 Å². The highest BCUT2D eigenvalue weighted by atomic mass is 19.4. The molecule has 140 valence electrons. The molecule has 0 radical (unpaired) electrons. The molecule has 0 aliphatic carbocycles. The van der Waals surface area contributed by atoms with Crippen molar-refractivity contribution in [3.8, 4) is 17.2 Å². The third-order valence-electron chi connectivity index (χ3n) is 3.11. The van der Waals surface area contributed by atoms with Crippen molar-refractivity contribution in [2.45, 2.75) is 6.36 Å². The van der Waals surface area contributed by atoms with E-state index in [1.807, 2.05) is 0 Å². The van der Waals surface area contributed by atoms with Crippen LogP contribution in [0.4, 0.5) is 24.9 Å². The minimum Gasteiger partial charge on any atom is -0.422 e. The molecule has 0 fully saturated rings. The van der Waals surface area contributed by atoms with E-state index in [1.165, 1.54) is 24.5 Å². The van der Waals surface area contributed by atoms with Gasteiger partial charge in [-0.25, -0.2) is 9.97 Å². The number of hydrogen-bond donors (Lipinski definition) is 3. The fourth-order valence-corrected chi connectivity index (χ4v) is 1.96. The maximum Gasteiger partial charge on any atom is 0.573 e. The van der Waals surface area contributed by atoms with Crippen LogP contribution < -0.4 is 15.8 Å². The molecule has 3 aromatic rings. The average Bonchev–Trinajstić information content (AvgIpc) is 3.09. The lowest BCUT2D eigenvalue weighted by Gasteiger charge is -2.08. The fraction of sp³-hybridized carbons (Fsp3) is 0.0667. The molecule has 0 aliphatic heterocycles. The molecular formula is C15H11F3N6O3. The second-order valence-corrected chi connectivity index (χ2v) is 5.00. The van der Waals surface area contributed by atoms with Crippen molar-refractivity contribution in [1.29, 1.82) is 0 Å². The Morgan fingerprint density at radius 2 is 1.93 bits per heavy atom. The van der Waals surface area contributed by atoms with Crippen molar-refractivity contribution in [2.24, 2.45) is 10.9 Å². The van der Waals surface area contributed by atoms with Gasteiger partial charge in [-0.2, -0.15) is 0 Å². The molecule has 12 heteroatoms.